The van der Waals surface area contributed by atoms with Crippen LogP contribution in [0.25, 0.3) is 0 Å². The molecule has 0 spiro atoms. The number of thioether (sulfide) groups is 1. The maximum absolute atomic E-state index is 11.6. The van der Waals surface area contributed by atoms with Gasteiger partial charge in [0, 0.05) is 0 Å². The third-order valence-corrected chi connectivity index (χ3v) is 4.10. The molecule has 0 aromatic heterocycles. The zero-order valence-electron chi connectivity index (χ0n) is 13.7. The number of carbonyl (C=O) groups excluding carboxylic acids is 2. The highest BCUT2D eigenvalue weighted by atomic mass is 32.2. The zero-order valence-corrected chi connectivity index (χ0v) is 14.5. The third kappa shape index (κ3) is 12.7. The summed E-state index contributed by atoms with van der Waals surface area (Å²) in [5.74, 6) is 0.392. The average Bonchev–Trinajstić information content (AvgIpc) is 2.47. The number of carbonyl (C=O) groups is 2. The Morgan fingerprint density at radius 1 is 0.952 bits per heavy atom. The quantitative estimate of drug-likeness (QED) is 0.382. The Bertz CT molecular complexity index is 281. The van der Waals surface area contributed by atoms with Crippen LogP contribution in [0.3, 0.4) is 0 Å². The van der Waals surface area contributed by atoms with Gasteiger partial charge in [0.05, 0.1) is 24.7 Å². The molecule has 0 fully saturated rings. The second-order valence-corrected chi connectivity index (χ2v) is 6.15. The predicted molar refractivity (Wildman–Crippen MR) is 87.5 cm³/mol. The second kappa shape index (κ2) is 14.2. The maximum Gasteiger partial charge on any atom is 0.315 e. The third-order valence-electron chi connectivity index (χ3n) is 3.22. The summed E-state index contributed by atoms with van der Waals surface area (Å²) in [5.41, 5.74) is 0. The minimum Gasteiger partial charge on any atom is -0.465 e. The van der Waals surface area contributed by atoms with E-state index in [9.17, 15) is 9.59 Å². The van der Waals surface area contributed by atoms with Gasteiger partial charge in [-0.3, -0.25) is 9.59 Å². The number of hydrogen-bond donors (Lipinski definition) is 0. The smallest absolute Gasteiger partial charge is 0.315 e. The molecule has 0 bridgehead atoms. The van der Waals surface area contributed by atoms with Gasteiger partial charge in [0.2, 0.25) is 0 Å². The van der Waals surface area contributed by atoms with Gasteiger partial charge >= 0.3 is 11.9 Å². The van der Waals surface area contributed by atoms with Gasteiger partial charge in [-0.15, -0.1) is 11.8 Å². The van der Waals surface area contributed by atoms with Crippen molar-refractivity contribution in [3.63, 3.8) is 0 Å². The summed E-state index contributed by atoms with van der Waals surface area (Å²) < 4.78 is 10.3. The first kappa shape index (κ1) is 20.3. The van der Waals surface area contributed by atoms with Gasteiger partial charge in [0.1, 0.15) is 0 Å². The number of rotatable bonds is 13. The largest absolute Gasteiger partial charge is 0.465 e. The lowest BCUT2D eigenvalue weighted by Crippen LogP contribution is -2.16. The van der Waals surface area contributed by atoms with Gasteiger partial charge in [-0.05, 0) is 18.8 Å². The van der Waals surface area contributed by atoms with Crippen molar-refractivity contribution < 1.29 is 19.1 Å². The Kier molecular flexibility index (Phi) is 13.8. The van der Waals surface area contributed by atoms with Crippen LogP contribution in [0, 0.1) is 5.92 Å². The fourth-order valence-electron chi connectivity index (χ4n) is 1.74. The van der Waals surface area contributed by atoms with Crippen molar-refractivity contribution >= 4 is 23.7 Å². The monoisotopic (exact) mass is 318 g/mol. The Labute approximate surface area is 133 Å². The first-order chi connectivity index (χ1) is 10.1. The molecule has 4 nitrogen and oxygen atoms in total. The molecule has 0 rings (SSSR count). The number of ether oxygens (including phenoxy) is 2. The van der Waals surface area contributed by atoms with Crippen LogP contribution in [0.1, 0.15) is 59.3 Å². The summed E-state index contributed by atoms with van der Waals surface area (Å²) in [7, 11) is 0. The summed E-state index contributed by atoms with van der Waals surface area (Å²) in [6, 6.07) is 0. The Morgan fingerprint density at radius 2 is 1.57 bits per heavy atom. The Hall–Kier alpha value is -0.710. The summed E-state index contributed by atoms with van der Waals surface area (Å²) >= 11 is 1.26. The molecule has 0 saturated carbocycles. The van der Waals surface area contributed by atoms with Crippen molar-refractivity contribution in [1.29, 1.82) is 0 Å². The van der Waals surface area contributed by atoms with E-state index >= 15 is 0 Å². The van der Waals surface area contributed by atoms with Crippen LogP contribution in [-0.2, 0) is 19.1 Å². The molecule has 5 heteroatoms. The average molecular weight is 318 g/mol. The van der Waals surface area contributed by atoms with E-state index in [1.54, 1.807) is 0 Å². The van der Waals surface area contributed by atoms with Crippen LogP contribution in [0.4, 0.5) is 0 Å². The van der Waals surface area contributed by atoms with Crippen LogP contribution < -0.4 is 0 Å². The minimum atomic E-state index is -0.254. The lowest BCUT2D eigenvalue weighted by Gasteiger charge is -2.14. The normalized spacial score (nSPS) is 12.0. The van der Waals surface area contributed by atoms with Crippen molar-refractivity contribution in [2.24, 2.45) is 5.92 Å². The van der Waals surface area contributed by atoms with Crippen molar-refractivity contribution in [1.82, 2.24) is 0 Å². The van der Waals surface area contributed by atoms with Gasteiger partial charge in [0.15, 0.2) is 0 Å². The molecule has 0 N–H and O–H groups in total. The summed E-state index contributed by atoms with van der Waals surface area (Å²) in [4.78, 5) is 22.9. The fourth-order valence-corrected chi connectivity index (χ4v) is 2.34. The molecule has 0 saturated heterocycles. The van der Waals surface area contributed by atoms with Crippen LogP contribution in [0.15, 0.2) is 0 Å². The Morgan fingerprint density at radius 3 is 2.14 bits per heavy atom. The lowest BCUT2D eigenvalue weighted by molar-refractivity contribution is -0.141. The van der Waals surface area contributed by atoms with Crippen LogP contribution >= 0.6 is 11.8 Å². The number of unbranched alkanes of at least 4 members (excludes halogenated alkanes) is 2. The van der Waals surface area contributed by atoms with Crippen molar-refractivity contribution in [2.45, 2.75) is 59.3 Å². The predicted octanol–water partition coefficient (Wildman–Crippen LogP) is 3.82. The van der Waals surface area contributed by atoms with E-state index in [1.807, 2.05) is 6.92 Å². The maximum atomic E-state index is 11.6. The number of hydrogen-bond acceptors (Lipinski definition) is 5. The highest BCUT2D eigenvalue weighted by Gasteiger charge is 2.11. The van der Waals surface area contributed by atoms with Gasteiger partial charge in [-0.2, -0.15) is 0 Å². The van der Waals surface area contributed by atoms with Crippen molar-refractivity contribution in [3.8, 4) is 0 Å². The fraction of sp³-hybridized carbons (Fsp3) is 0.875. The topological polar surface area (TPSA) is 52.6 Å². The van der Waals surface area contributed by atoms with E-state index in [2.05, 4.69) is 13.8 Å². The SMILES string of the molecule is CCCCOC(=O)CSCC(=O)OCC(CC)CCCC. The van der Waals surface area contributed by atoms with E-state index in [1.165, 1.54) is 24.6 Å². The molecule has 0 aromatic rings. The zero-order chi connectivity index (χ0) is 15.9. The molecule has 21 heavy (non-hydrogen) atoms. The van der Waals surface area contributed by atoms with Gasteiger partial charge in [-0.1, -0.05) is 46.5 Å². The van der Waals surface area contributed by atoms with Crippen molar-refractivity contribution in [2.75, 3.05) is 24.7 Å². The molecule has 0 aromatic carbocycles. The highest BCUT2D eigenvalue weighted by Crippen LogP contribution is 2.13. The molecule has 0 radical (unpaired) electrons. The Balaban J connectivity index is 3.63. The first-order valence-electron chi connectivity index (χ1n) is 8.02. The van der Waals surface area contributed by atoms with Crippen LogP contribution in [0.5, 0.6) is 0 Å². The molecule has 0 heterocycles. The molecule has 0 aliphatic carbocycles. The van der Waals surface area contributed by atoms with E-state index in [0.717, 1.165) is 25.7 Å². The van der Waals surface area contributed by atoms with E-state index in [-0.39, 0.29) is 23.4 Å². The summed E-state index contributed by atoms with van der Waals surface area (Å²) in [6.45, 7) is 7.29. The summed E-state index contributed by atoms with van der Waals surface area (Å²) in [5, 5.41) is 0. The van der Waals surface area contributed by atoms with E-state index in [0.29, 0.717) is 19.1 Å². The second-order valence-electron chi connectivity index (χ2n) is 5.17. The number of esters is 2. The van der Waals surface area contributed by atoms with E-state index in [4.69, 9.17) is 9.47 Å². The molecule has 124 valence electrons. The molecule has 0 amide bonds. The molecular weight excluding hydrogens is 288 g/mol. The van der Waals surface area contributed by atoms with Gasteiger partial charge in [0.25, 0.3) is 0 Å². The first-order valence-corrected chi connectivity index (χ1v) is 9.18. The van der Waals surface area contributed by atoms with E-state index < -0.39 is 0 Å². The molecular formula is C16H30O4S. The molecule has 0 aliphatic heterocycles. The molecule has 0 aliphatic rings. The lowest BCUT2D eigenvalue weighted by atomic mass is 10.0. The van der Waals surface area contributed by atoms with Crippen LogP contribution in [0.2, 0.25) is 0 Å². The molecule has 1 unspecified atom stereocenters. The van der Waals surface area contributed by atoms with Crippen molar-refractivity contribution in [3.05, 3.63) is 0 Å². The van der Waals surface area contributed by atoms with Crippen LogP contribution in [-0.4, -0.2) is 36.7 Å². The van der Waals surface area contributed by atoms with Gasteiger partial charge in [-0.25, -0.2) is 0 Å². The van der Waals surface area contributed by atoms with Gasteiger partial charge < -0.3 is 9.47 Å². The minimum absolute atomic E-state index is 0.214. The highest BCUT2D eigenvalue weighted by molar-refractivity contribution is 8.00. The standard InChI is InChI=1S/C16H30O4S/c1-4-7-9-14(6-3)11-20-16(18)13-21-12-15(17)19-10-8-5-2/h14H,4-13H2,1-3H3. The summed E-state index contributed by atoms with van der Waals surface area (Å²) in [6.07, 6.45) is 6.37. The molecule has 1 atom stereocenters.